The molecule has 0 unspecified atom stereocenters. The number of aliphatic carboxylic acids is 1. The predicted molar refractivity (Wildman–Crippen MR) is 62.8 cm³/mol. The van der Waals surface area contributed by atoms with E-state index in [2.05, 4.69) is 20.5 Å². The summed E-state index contributed by atoms with van der Waals surface area (Å²) in [6.45, 7) is 3.66. The van der Waals surface area contributed by atoms with E-state index in [1.165, 1.54) is 4.90 Å². The molecule has 1 aromatic rings. The summed E-state index contributed by atoms with van der Waals surface area (Å²) in [4.78, 5) is 27.9. The van der Waals surface area contributed by atoms with Crippen molar-refractivity contribution in [1.29, 1.82) is 0 Å². The number of carboxylic acid groups (broad SMARTS) is 1. The number of hydrogen-bond donors (Lipinski definition) is 3. The summed E-state index contributed by atoms with van der Waals surface area (Å²) in [6, 6.07) is -1.35. The van der Waals surface area contributed by atoms with Gasteiger partial charge in [-0.3, -0.25) is 5.10 Å². The number of H-pyrrole nitrogens is 1. The van der Waals surface area contributed by atoms with Gasteiger partial charge in [-0.2, -0.15) is 5.10 Å². The first-order chi connectivity index (χ1) is 8.43. The Morgan fingerprint density at radius 1 is 1.56 bits per heavy atom. The van der Waals surface area contributed by atoms with Gasteiger partial charge in [-0.25, -0.2) is 14.6 Å². The summed E-state index contributed by atoms with van der Waals surface area (Å²) in [5.41, 5.74) is 0. The fourth-order valence-corrected chi connectivity index (χ4v) is 1.34. The highest BCUT2D eigenvalue weighted by Crippen LogP contribution is 1.99. The molecule has 1 atom stereocenters. The number of amides is 2. The molecule has 0 fully saturated rings. The number of rotatable bonds is 5. The van der Waals surface area contributed by atoms with Crippen molar-refractivity contribution >= 4 is 12.0 Å². The largest absolute Gasteiger partial charge is 0.480 e. The van der Waals surface area contributed by atoms with Crippen molar-refractivity contribution in [3.63, 3.8) is 0 Å². The van der Waals surface area contributed by atoms with Crippen LogP contribution in [0.4, 0.5) is 4.79 Å². The smallest absolute Gasteiger partial charge is 0.326 e. The first-order valence-electron chi connectivity index (χ1n) is 5.56. The molecule has 0 radical (unpaired) electrons. The Morgan fingerprint density at radius 2 is 2.22 bits per heavy atom. The minimum Gasteiger partial charge on any atom is -0.480 e. The molecule has 0 aliphatic heterocycles. The van der Waals surface area contributed by atoms with E-state index in [0.29, 0.717) is 18.1 Å². The average Bonchev–Trinajstić information content (AvgIpc) is 2.70. The second-order valence-corrected chi connectivity index (χ2v) is 3.94. The molecule has 18 heavy (non-hydrogen) atoms. The quantitative estimate of drug-likeness (QED) is 0.691. The van der Waals surface area contributed by atoms with E-state index >= 15 is 0 Å². The van der Waals surface area contributed by atoms with Crippen LogP contribution in [0.15, 0.2) is 0 Å². The maximum atomic E-state index is 11.7. The molecule has 0 saturated carbocycles. The molecule has 0 saturated heterocycles. The van der Waals surface area contributed by atoms with Gasteiger partial charge in [-0.15, -0.1) is 0 Å². The molecular weight excluding hydrogens is 238 g/mol. The second-order valence-electron chi connectivity index (χ2n) is 3.94. The molecule has 8 nitrogen and oxygen atoms in total. The van der Waals surface area contributed by atoms with Crippen LogP contribution in [-0.4, -0.2) is 50.3 Å². The Bertz CT molecular complexity index is 431. The van der Waals surface area contributed by atoms with Crippen LogP contribution in [0.2, 0.25) is 0 Å². The number of urea groups is 1. The van der Waals surface area contributed by atoms with Gasteiger partial charge in [-0.1, -0.05) is 6.92 Å². The van der Waals surface area contributed by atoms with Crippen LogP contribution in [0.3, 0.4) is 0 Å². The van der Waals surface area contributed by atoms with Crippen molar-refractivity contribution in [2.24, 2.45) is 0 Å². The van der Waals surface area contributed by atoms with Crippen molar-refractivity contribution in [2.75, 3.05) is 7.05 Å². The molecule has 0 aliphatic rings. The minimum atomic E-state index is -1.05. The number of carbonyl (C=O) groups excluding carboxylic acids is 1. The molecule has 0 aromatic carbocycles. The van der Waals surface area contributed by atoms with Gasteiger partial charge >= 0.3 is 12.0 Å². The minimum absolute atomic E-state index is 0.215. The maximum Gasteiger partial charge on any atom is 0.326 e. The summed E-state index contributed by atoms with van der Waals surface area (Å²) < 4.78 is 0. The van der Waals surface area contributed by atoms with Gasteiger partial charge in [0.15, 0.2) is 5.82 Å². The van der Waals surface area contributed by atoms with E-state index in [1.54, 1.807) is 20.9 Å². The zero-order valence-corrected chi connectivity index (χ0v) is 10.6. The highest BCUT2D eigenvalue weighted by Gasteiger charge is 2.20. The van der Waals surface area contributed by atoms with Gasteiger partial charge in [0, 0.05) is 7.05 Å². The molecule has 0 spiro atoms. The predicted octanol–water partition coefficient (Wildman–Crippen LogP) is 0.118. The number of nitrogens with zero attached hydrogens (tertiary/aromatic N) is 3. The van der Waals surface area contributed by atoms with E-state index in [-0.39, 0.29) is 6.54 Å². The van der Waals surface area contributed by atoms with Gasteiger partial charge in [0.25, 0.3) is 0 Å². The summed E-state index contributed by atoms with van der Waals surface area (Å²) in [5.74, 6) is 0.0947. The van der Waals surface area contributed by atoms with Crippen molar-refractivity contribution in [1.82, 2.24) is 25.4 Å². The van der Waals surface area contributed by atoms with Gasteiger partial charge in [0.05, 0.1) is 6.54 Å². The Kier molecular flexibility index (Phi) is 4.64. The number of aromatic amines is 1. The summed E-state index contributed by atoms with van der Waals surface area (Å²) in [5, 5.41) is 17.8. The second kappa shape index (κ2) is 5.99. The number of aryl methyl sites for hydroxylation is 1. The van der Waals surface area contributed by atoms with Crippen LogP contribution in [0, 0.1) is 6.92 Å². The molecule has 1 aromatic heterocycles. The SMILES string of the molecule is CC[C@@H](NC(=O)N(C)Cc1n[nH]c(C)n1)C(=O)O. The van der Waals surface area contributed by atoms with Crippen LogP contribution in [0.25, 0.3) is 0 Å². The van der Waals surface area contributed by atoms with Crippen LogP contribution in [0.5, 0.6) is 0 Å². The Balaban J connectivity index is 2.53. The summed E-state index contributed by atoms with van der Waals surface area (Å²) in [7, 11) is 1.55. The maximum absolute atomic E-state index is 11.7. The van der Waals surface area contributed by atoms with Crippen molar-refractivity contribution in [3.05, 3.63) is 11.6 Å². The lowest BCUT2D eigenvalue weighted by Crippen LogP contribution is -2.46. The number of aromatic nitrogens is 3. The third-order valence-corrected chi connectivity index (χ3v) is 2.37. The molecule has 1 heterocycles. The number of nitrogens with one attached hydrogen (secondary N) is 2. The lowest BCUT2D eigenvalue weighted by molar-refractivity contribution is -0.139. The standard InChI is InChI=1S/C10H17N5O3/c1-4-7(9(16)17)12-10(18)15(3)5-8-11-6(2)13-14-8/h7H,4-5H2,1-3H3,(H,12,18)(H,16,17)(H,11,13,14)/t7-/m1/s1. The lowest BCUT2D eigenvalue weighted by atomic mass is 10.2. The molecule has 100 valence electrons. The highest BCUT2D eigenvalue weighted by molar-refractivity contribution is 5.82. The van der Waals surface area contributed by atoms with Gasteiger partial charge < -0.3 is 15.3 Å². The van der Waals surface area contributed by atoms with Gasteiger partial charge in [0.2, 0.25) is 0 Å². The Hall–Kier alpha value is -2.12. The zero-order chi connectivity index (χ0) is 13.7. The van der Waals surface area contributed by atoms with E-state index in [1.807, 2.05) is 0 Å². The molecule has 0 aliphatic carbocycles. The lowest BCUT2D eigenvalue weighted by Gasteiger charge is -2.19. The normalized spacial score (nSPS) is 11.9. The van der Waals surface area contributed by atoms with Gasteiger partial charge in [0.1, 0.15) is 11.9 Å². The van der Waals surface area contributed by atoms with Crippen molar-refractivity contribution in [3.8, 4) is 0 Å². The third-order valence-electron chi connectivity index (χ3n) is 2.37. The summed E-state index contributed by atoms with van der Waals surface area (Å²) in [6.07, 6.45) is 0.328. The molecular formula is C10H17N5O3. The molecule has 2 amide bonds. The van der Waals surface area contributed by atoms with Crippen LogP contribution in [-0.2, 0) is 11.3 Å². The van der Waals surface area contributed by atoms with E-state index < -0.39 is 18.0 Å². The summed E-state index contributed by atoms with van der Waals surface area (Å²) >= 11 is 0. The topological polar surface area (TPSA) is 111 Å². The van der Waals surface area contributed by atoms with E-state index in [0.717, 1.165) is 0 Å². The number of carboxylic acids is 1. The molecule has 0 bridgehead atoms. The van der Waals surface area contributed by atoms with Crippen LogP contribution in [0.1, 0.15) is 25.0 Å². The van der Waals surface area contributed by atoms with Crippen molar-refractivity contribution in [2.45, 2.75) is 32.9 Å². The first-order valence-corrected chi connectivity index (χ1v) is 5.56. The molecule has 8 heteroatoms. The van der Waals surface area contributed by atoms with E-state index in [9.17, 15) is 9.59 Å². The zero-order valence-electron chi connectivity index (χ0n) is 10.6. The van der Waals surface area contributed by atoms with Gasteiger partial charge in [-0.05, 0) is 13.3 Å². The van der Waals surface area contributed by atoms with Crippen LogP contribution >= 0.6 is 0 Å². The Morgan fingerprint density at radius 3 is 2.67 bits per heavy atom. The number of hydrogen-bond acceptors (Lipinski definition) is 4. The fourth-order valence-electron chi connectivity index (χ4n) is 1.34. The Labute approximate surface area is 104 Å². The molecule has 1 rings (SSSR count). The average molecular weight is 255 g/mol. The fraction of sp³-hybridized carbons (Fsp3) is 0.600. The van der Waals surface area contributed by atoms with Crippen molar-refractivity contribution < 1.29 is 14.7 Å². The third kappa shape index (κ3) is 3.72. The first kappa shape index (κ1) is 13.9. The number of carbonyl (C=O) groups is 2. The highest BCUT2D eigenvalue weighted by atomic mass is 16.4. The molecule has 3 N–H and O–H groups in total. The van der Waals surface area contributed by atoms with Crippen LogP contribution < -0.4 is 5.32 Å². The van der Waals surface area contributed by atoms with E-state index in [4.69, 9.17) is 5.11 Å². The monoisotopic (exact) mass is 255 g/mol.